The number of hydrogen-bond acceptors (Lipinski definition) is 0. The fraction of sp³-hybridized carbons (Fsp3) is 0.875. The van der Waals surface area contributed by atoms with Gasteiger partial charge in [-0.1, -0.05) is 39.5 Å². The zero-order valence-electron chi connectivity index (χ0n) is 11.4. The van der Waals surface area contributed by atoms with E-state index in [0.29, 0.717) is 0 Å². The van der Waals surface area contributed by atoms with Gasteiger partial charge in [-0.25, -0.2) is 0 Å². The quantitative estimate of drug-likeness (QED) is 0.518. The van der Waals surface area contributed by atoms with E-state index in [-0.39, 0.29) is 0 Å². The van der Waals surface area contributed by atoms with Crippen LogP contribution >= 0.6 is 0 Å². The van der Waals surface area contributed by atoms with E-state index in [2.05, 4.69) is 27.0 Å². The second-order valence-corrected chi connectivity index (χ2v) is 6.04. The molecule has 0 bridgehead atoms. The van der Waals surface area contributed by atoms with Crippen molar-refractivity contribution < 1.29 is 0 Å². The van der Waals surface area contributed by atoms with Gasteiger partial charge in [0, 0.05) is 0 Å². The maximum atomic E-state index is 3.00. The van der Waals surface area contributed by atoms with Gasteiger partial charge in [-0.15, -0.1) is 13.2 Å². The van der Waals surface area contributed by atoms with Crippen molar-refractivity contribution in [2.24, 2.45) is 23.7 Å². The zero-order valence-corrected chi connectivity index (χ0v) is 11.4. The molecular formula is C16H30. The maximum absolute atomic E-state index is 3.00. The third-order valence-electron chi connectivity index (χ3n) is 4.79. The standard InChI is InChI=1S/C14H26.C2H4/c1-11-3-7-13(8-4-11)14-9-5-12(2)6-10-14;1-2/h11-14H,3-10H2,1-2H3;1-2H2. The van der Waals surface area contributed by atoms with Crippen LogP contribution in [-0.2, 0) is 0 Å². The average molecular weight is 222 g/mol. The van der Waals surface area contributed by atoms with Gasteiger partial charge in [0.15, 0.2) is 0 Å². The Morgan fingerprint density at radius 2 is 0.812 bits per heavy atom. The van der Waals surface area contributed by atoms with Gasteiger partial charge in [-0.05, 0) is 49.4 Å². The molecule has 94 valence electrons. The van der Waals surface area contributed by atoms with Crippen LogP contribution in [0.15, 0.2) is 13.2 Å². The molecule has 0 N–H and O–H groups in total. The van der Waals surface area contributed by atoms with E-state index in [1.54, 1.807) is 25.7 Å². The van der Waals surface area contributed by atoms with E-state index in [4.69, 9.17) is 0 Å². The molecule has 16 heavy (non-hydrogen) atoms. The van der Waals surface area contributed by atoms with Crippen LogP contribution in [0.25, 0.3) is 0 Å². The van der Waals surface area contributed by atoms with Crippen molar-refractivity contribution in [3.63, 3.8) is 0 Å². The highest BCUT2D eigenvalue weighted by Gasteiger charge is 2.28. The molecule has 0 aromatic rings. The molecule has 0 heteroatoms. The van der Waals surface area contributed by atoms with Crippen LogP contribution in [0.2, 0.25) is 0 Å². The first-order chi connectivity index (χ1) is 7.75. The molecule has 2 aliphatic rings. The summed E-state index contributed by atoms with van der Waals surface area (Å²) in [6.07, 6.45) is 12.2. The third-order valence-corrected chi connectivity index (χ3v) is 4.79. The summed E-state index contributed by atoms with van der Waals surface area (Å²) in [5.41, 5.74) is 0. The van der Waals surface area contributed by atoms with Gasteiger partial charge in [0.2, 0.25) is 0 Å². The van der Waals surface area contributed by atoms with Gasteiger partial charge in [0.1, 0.15) is 0 Å². The molecule has 2 rings (SSSR count). The topological polar surface area (TPSA) is 0 Å². The minimum absolute atomic E-state index is 1.02. The molecule has 0 aromatic heterocycles. The lowest BCUT2D eigenvalue weighted by Gasteiger charge is -2.36. The number of rotatable bonds is 1. The Kier molecular flexibility index (Phi) is 6.16. The Balaban J connectivity index is 0.000000606. The Labute approximate surface area is 103 Å². The van der Waals surface area contributed by atoms with Crippen molar-refractivity contribution in [3.05, 3.63) is 13.2 Å². The number of hydrogen-bond donors (Lipinski definition) is 0. The average Bonchev–Trinajstić information content (AvgIpc) is 2.34. The van der Waals surface area contributed by atoms with Crippen LogP contribution in [0.1, 0.15) is 65.2 Å². The fourth-order valence-electron chi connectivity index (χ4n) is 3.51. The summed E-state index contributed by atoms with van der Waals surface area (Å²) >= 11 is 0. The summed E-state index contributed by atoms with van der Waals surface area (Å²) in [6.45, 7) is 10.9. The van der Waals surface area contributed by atoms with Crippen molar-refractivity contribution in [1.29, 1.82) is 0 Å². The summed E-state index contributed by atoms with van der Waals surface area (Å²) in [5.74, 6) is 4.26. The van der Waals surface area contributed by atoms with Crippen LogP contribution in [-0.4, -0.2) is 0 Å². The predicted octanol–water partition coefficient (Wildman–Crippen LogP) is 5.44. The van der Waals surface area contributed by atoms with Crippen molar-refractivity contribution in [3.8, 4) is 0 Å². The zero-order chi connectivity index (χ0) is 12.0. The molecule has 0 aliphatic heterocycles. The minimum atomic E-state index is 1.02. The first-order valence-electron chi connectivity index (χ1n) is 7.25. The lowest BCUT2D eigenvalue weighted by atomic mass is 9.70. The van der Waals surface area contributed by atoms with Gasteiger partial charge in [0.25, 0.3) is 0 Å². The summed E-state index contributed by atoms with van der Waals surface area (Å²) in [7, 11) is 0. The molecule has 0 saturated heterocycles. The minimum Gasteiger partial charge on any atom is -0.106 e. The molecule has 0 atom stereocenters. The van der Waals surface area contributed by atoms with E-state index < -0.39 is 0 Å². The molecule has 0 nitrogen and oxygen atoms in total. The third kappa shape index (κ3) is 3.96. The van der Waals surface area contributed by atoms with Crippen LogP contribution in [0.5, 0.6) is 0 Å². The van der Waals surface area contributed by atoms with E-state index in [1.165, 1.54) is 25.7 Å². The monoisotopic (exact) mass is 222 g/mol. The largest absolute Gasteiger partial charge is 0.106 e. The van der Waals surface area contributed by atoms with Crippen molar-refractivity contribution in [2.45, 2.75) is 65.2 Å². The van der Waals surface area contributed by atoms with Crippen LogP contribution in [0, 0.1) is 23.7 Å². The molecule has 2 fully saturated rings. The van der Waals surface area contributed by atoms with E-state index in [1.807, 2.05) is 0 Å². The molecule has 0 radical (unpaired) electrons. The lowest BCUT2D eigenvalue weighted by Crippen LogP contribution is -2.24. The van der Waals surface area contributed by atoms with Crippen LogP contribution < -0.4 is 0 Å². The van der Waals surface area contributed by atoms with E-state index in [9.17, 15) is 0 Å². The summed E-state index contributed by atoms with van der Waals surface area (Å²) in [4.78, 5) is 0. The molecule has 0 spiro atoms. The second-order valence-electron chi connectivity index (χ2n) is 6.04. The van der Waals surface area contributed by atoms with Crippen molar-refractivity contribution in [1.82, 2.24) is 0 Å². The van der Waals surface area contributed by atoms with Gasteiger partial charge in [0.05, 0.1) is 0 Å². The first-order valence-corrected chi connectivity index (χ1v) is 7.25. The summed E-state index contributed by atoms with van der Waals surface area (Å²) in [6, 6.07) is 0. The van der Waals surface area contributed by atoms with Gasteiger partial charge >= 0.3 is 0 Å². The highest BCUT2D eigenvalue weighted by Crippen LogP contribution is 2.40. The Bertz CT molecular complexity index is 148. The van der Waals surface area contributed by atoms with E-state index in [0.717, 1.165) is 23.7 Å². The summed E-state index contributed by atoms with van der Waals surface area (Å²) < 4.78 is 0. The molecule has 0 heterocycles. The fourth-order valence-corrected chi connectivity index (χ4v) is 3.51. The van der Waals surface area contributed by atoms with Crippen molar-refractivity contribution in [2.75, 3.05) is 0 Å². The second kappa shape index (κ2) is 7.14. The maximum Gasteiger partial charge on any atom is -0.0386 e. The van der Waals surface area contributed by atoms with Crippen LogP contribution in [0.3, 0.4) is 0 Å². The highest BCUT2D eigenvalue weighted by atomic mass is 14.3. The Hall–Kier alpha value is -0.260. The van der Waals surface area contributed by atoms with Gasteiger partial charge in [-0.2, -0.15) is 0 Å². The van der Waals surface area contributed by atoms with Gasteiger partial charge in [-0.3, -0.25) is 0 Å². The highest BCUT2D eigenvalue weighted by molar-refractivity contribution is 4.80. The predicted molar refractivity (Wildman–Crippen MR) is 73.5 cm³/mol. The van der Waals surface area contributed by atoms with Crippen LogP contribution in [0.4, 0.5) is 0 Å². The SMILES string of the molecule is C=C.CC1CCC(C2CCC(C)CC2)CC1. The Morgan fingerprint density at radius 3 is 1.06 bits per heavy atom. The smallest absolute Gasteiger partial charge is 0.0386 e. The Morgan fingerprint density at radius 1 is 0.562 bits per heavy atom. The molecular weight excluding hydrogens is 192 g/mol. The van der Waals surface area contributed by atoms with Gasteiger partial charge < -0.3 is 0 Å². The van der Waals surface area contributed by atoms with E-state index >= 15 is 0 Å². The molecule has 0 amide bonds. The molecule has 2 aliphatic carbocycles. The molecule has 2 saturated carbocycles. The summed E-state index contributed by atoms with van der Waals surface area (Å²) in [5, 5.41) is 0. The normalized spacial score (nSPS) is 39.6. The molecule has 0 aromatic carbocycles. The molecule has 0 unspecified atom stereocenters. The first kappa shape index (κ1) is 13.8. The van der Waals surface area contributed by atoms with Crippen molar-refractivity contribution >= 4 is 0 Å². The lowest BCUT2D eigenvalue weighted by molar-refractivity contribution is 0.155.